The van der Waals surface area contributed by atoms with Crippen molar-refractivity contribution in [2.75, 3.05) is 13.1 Å². The second-order valence-electron chi connectivity index (χ2n) is 3.67. The Kier molecular flexibility index (Phi) is 2.84. The lowest BCUT2D eigenvalue weighted by atomic mass is 10.2. The van der Waals surface area contributed by atoms with Crippen molar-refractivity contribution < 1.29 is 0 Å². The van der Waals surface area contributed by atoms with Crippen LogP contribution in [0.15, 0.2) is 18.3 Å². The Balaban J connectivity index is 2.19. The van der Waals surface area contributed by atoms with E-state index in [-0.39, 0.29) is 6.04 Å². The quantitative estimate of drug-likeness (QED) is 0.740. The zero-order valence-corrected chi connectivity index (χ0v) is 8.89. The summed E-state index contributed by atoms with van der Waals surface area (Å²) in [7, 11) is 0. The number of likely N-dealkylation sites (tertiary alicyclic amines) is 1. The lowest BCUT2D eigenvalue weighted by molar-refractivity contribution is 0.301. The third-order valence-electron chi connectivity index (χ3n) is 2.69. The highest BCUT2D eigenvalue weighted by molar-refractivity contribution is 7.80. The van der Waals surface area contributed by atoms with Gasteiger partial charge in [0, 0.05) is 11.9 Å². The fourth-order valence-electron chi connectivity index (χ4n) is 2.04. The van der Waals surface area contributed by atoms with Crippen LogP contribution in [-0.2, 0) is 0 Å². The van der Waals surface area contributed by atoms with Gasteiger partial charge in [0.05, 0.1) is 4.99 Å². The van der Waals surface area contributed by atoms with Crippen molar-refractivity contribution in [3.63, 3.8) is 0 Å². The van der Waals surface area contributed by atoms with Gasteiger partial charge in [-0.15, -0.1) is 0 Å². The molecule has 1 atom stereocenters. The van der Waals surface area contributed by atoms with Crippen molar-refractivity contribution in [2.45, 2.75) is 18.9 Å². The van der Waals surface area contributed by atoms with Crippen LogP contribution < -0.4 is 5.73 Å². The molecule has 1 aliphatic rings. The lowest BCUT2D eigenvalue weighted by Gasteiger charge is -2.25. The molecule has 4 heteroatoms. The number of H-pyrrole nitrogens is 1. The third kappa shape index (κ3) is 1.81. The zero-order valence-electron chi connectivity index (χ0n) is 8.07. The first-order chi connectivity index (χ1) is 6.79. The van der Waals surface area contributed by atoms with E-state index in [1.54, 1.807) is 0 Å². The molecule has 76 valence electrons. The number of hydrogen-bond acceptors (Lipinski definition) is 2. The number of nitrogens with zero attached hydrogens (tertiary/aromatic N) is 1. The smallest absolute Gasteiger partial charge is 0.101 e. The van der Waals surface area contributed by atoms with Crippen molar-refractivity contribution in [2.24, 2.45) is 5.73 Å². The van der Waals surface area contributed by atoms with Gasteiger partial charge in [-0.2, -0.15) is 0 Å². The first kappa shape index (κ1) is 9.68. The molecule has 0 spiro atoms. The number of hydrogen-bond donors (Lipinski definition) is 2. The maximum Gasteiger partial charge on any atom is 0.101 e. The fraction of sp³-hybridized carbons (Fsp3) is 0.500. The van der Waals surface area contributed by atoms with Crippen LogP contribution in [0.25, 0.3) is 0 Å². The van der Waals surface area contributed by atoms with Gasteiger partial charge in [0.2, 0.25) is 0 Å². The molecule has 1 unspecified atom stereocenters. The molecule has 14 heavy (non-hydrogen) atoms. The molecule has 0 radical (unpaired) electrons. The Hall–Kier alpha value is -0.870. The van der Waals surface area contributed by atoms with E-state index in [1.165, 1.54) is 12.8 Å². The van der Waals surface area contributed by atoms with E-state index in [2.05, 4.69) is 9.88 Å². The van der Waals surface area contributed by atoms with E-state index >= 15 is 0 Å². The molecule has 3 nitrogen and oxygen atoms in total. The first-order valence-corrected chi connectivity index (χ1v) is 5.36. The van der Waals surface area contributed by atoms with Gasteiger partial charge in [0.25, 0.3) is 0 Å². The highest BCUT2D eigenvalue weighted by Gasteiger charge is 2.25. The van der Waals surface area contributed by atoms with E-state index < -0.39 is 0 Å². The molecular weight excluding hydrogens is 194 g/mol. The van der Waals surface area contributed by atoms with Crippen LogP contribution in [0.3, 0.4) is 0 Å². The standard InChI is InChI=1S/C10H15N3S/c11-10(14)9(8-4-3-5-12-8)13-6-1-2-7-13/h3-5,9,12H,1-2,6-7H2,(H2,11,14). The highest BCUT2D eigenvalue weighted by Crippen LogP contribution is 2.23. The van der Waals surface area contributed by atoms with Gasteiger partial charge in [0.15, 0.2) is 0 Å². The van der Waals surface area contributed by atoms with Gasteiger partial charge in [-0.05, 0) is 38.1 Å². The molecule has 0 aliphatic carbocycles. The van der Waals surface area contributed by atoms with Gasteiger partial charge in [-0.1, -0.05) is 12.2 Å². The number of nitrogens with two attached hydrogens (primary N) is 1. The van der Waals surface area contributed by atoms with Crippen molar-refractivity contribution in [3.05, 3.63) is 24.0 Å². The van der Waals surface area contributed by atoms with Crippen molar-refractivity contribution in [1.29, 1.82) is 0 Å². The number of aromatic amines is 1. The molecule has 1 saturated heterocycles. The highest BCUT2D eigenvalue weighted by atomic mass is 32.1. The Morgan fingerprint density at radius 2 is 2.21 bits per heavy atom. The van der Waals surface area contributed by atoms with Gasteiger partial charge < -0.3 is 10.7 Å². The minimum absolute atomic E-state index is 0.0995. The van der Waals surface area contributed by atoms with E-state index in [4.69, 9.17) is 18.0 Å². The van der Waals surface area contributed by atoms with Crippen LogP contribution in [0.1, 0.15) is 24.6 Å². The van der Waals surface area contributed by atoms with Gasteiger partial charge >= 0.3 is 0 Å². The molecule has 1 fully saturated rings. The van der Waals surface area contributed by atoms with Crippen molar-refractivity contribution >= 4 is 17.2 Å². The Morgan fingerprint density at radius 1 is 1.50 bits per heavy atom. The summed E-state index contributed by atoms with van der Waals surface area (Å²) >= 11 is 5.12. The molecule has 1 aromatic heterocycles. The summed E-state index contributed by atoms with van der Waals surface area (Å²) in [5.74, 6) is 0. The molecule has 0 saturated carbocycles. The maximum atomic E-state index is 5.78. The predicted octanol–water partition coefficient (Wildman–Crippen LogP) is 1.44. The van der Waals surface area contributed by atoms with E-state index in [0.29, 0.717) is 4.99 Å². The van der Waals surface area contributed by atoms with Gasteiger partial charge in [-0.3, -0.25) is 4.90 Å². The van der Waals surface area contributed by atoms with Crippen LogP contribution >= 0.6 is 12.2 Å². The summed E-state index contributed by atoms with van der Waals surface area (Å²) in [6.07, 6.45) is 4.41. The molecule has 2 rings (SSSR count). The zero-order chi connectivity index (χ0) is 9.97. The molecule has 0 bridgehead atoms. The topological polar surface area (TPSA) is 45.1 Å². The van der Waals surface area contributed by atoms with E-state index in [9.17, 15) is 0 Å². The molecule has 3 N–H and O–H groups in total. The van der Waals surface area contributed by atoms with Crippen LogP contribution in [0.5, 0.6) is 0 Å². The Morgan fingerprint density at radius 3 is 2.71 bits per heavy atom. The summed E-state index contributed by atoms with van der Waals surface area (Å²) in [5.41, 5.74) is 6.89. The molecule has 0 aromatic carbocycles. The first-order valence-electron chi connectivity index (χ1n) is 4.95. The minimum atomic E-state index is 0.0995. The number of aromatic nitrogens is 1. The average Bonchev–Trinajstić information content (AvgIpc) is 2.75. The van der Waals surface area contributed by atoms with Crippen molar-refractivity contribution in [1.82, 2.24) is 9.88 Å². The molecule has 0 amide bonds. The van der Waals surface area contributed by atoms with E-state index in [1.807, 2.05) is 18.3 Å². The van der Waals surface area contributed by atoms with Gasteiger partial charge in [-0.25, -0.2) is 0 Å². The average molecular weight is 209 g/mol. The van der Waals surface area contributed by atoms with Crippen molar-refractivity contribution in [3.8, 4) is 0 Å². The predicted molar refractivity (Wildman–Crippen MR) is 61.1 cm³/mol. The van der Waals surface area contributed by atoms with E-state index in [0.717, 1.165) is 18.8 Å². The SMILES string of the molecule is NC(=S)C(c1ccc[nH]1)N1CCCC1. The molecule has 1 aliphatic heterocycles. The maximum absolute atomic E-state index is 5.78. The molecular formula is C10H15N3S. The number of rotatable bonds is 3. The van der Waals surface area contributed by atoms with Crippen LogP contribution in [-0.4, -0.2) is 28.0 Å². The second-order valence-corrected chi connectivity index (χ2v) is 4.14. The fourth-order valence-corrected chi connectivity index (χ4v) is 2.32. The monoisotopic (exact) mass is 209 g/mol. The van der Waals surface area contributed by atoms with Crippen LogP contribution in [0.4, 0.5) is 0 Å². The second kappa shape index (κ2) is 4.11. The summed E-state index contributed by atoms with van der Waals surface area (Å²) in [5, 5.41) is 0. The summed E-state index contributed by atoms with van der Waals surface area (Å²) in [6.45, 7) is 2.20. The van der Waals surface area contributed by atoms with Gasteiger partial charge in [0.1, 0.15) is 6.04 Å². The number of thiocarbonyl (C=S) groups is 1. The summed E-state index contributed by atoms with van der Waals surface area (Å²) in [6, 6.07) is 4.13. The minimum Gasteiger partial charge on any atom is -0.392 e. The van der Waals surface area contributed by atoms with Crippen LogP contribution in [0.2, 0.25) is 0 Å². The molecule has 1 aromatic rings. The van der Waals surface area contributed by atoms with Crippen LogP contribution in [0, 0.1) is 0 Å². The summed E-state index contributed by atoms with van der Waals surface area (Å²) < 4.78 is 0. The number of nitrogens with one attached hydrogen (secondary N) is 1. The largest absolute Gasteiger partial charge is 0.392 e. The Bertz CT molecular complexity index is 301. The Labute approximate surface area is 89.3 Å². The third-order valence-corrected chi connectivity index (χ3v) is 2.92. The summed E-state index contributed by atoms with van der Waals surface area (Å²) in [4.78, 5) is 6.09. The lowest BCUT2D eigenvalue weighted by Crippen LogP contribution is -2.35. The normalized spacial score (nSPS) is 19.7. The molecule has 2 heterocycles.